The predicted octanol–water partition coefficient (Wildman–Crippen LogP) is 0.588. The van der Waals surface area contributed by atoms with E-state index in [4.69, 9.17) is 4.74 Å². The number of hydrogen-bond acceptors (Lipinski definition) is 5. The van der Waals surface area contributed by atoms with E-state index in [0.29, 0.717) is 32.7 Å². The van der Waals surface area contributed by atoms with Crippen molar-refractivity contribution < 1.29 is 13.2 Å². The van der Waals surface area contributed by atoms with E-state index >= 15 is 0 Å². The molecule has 0 spiro atoms. The largest absolute Gasteiger partial charge is 0.381 e. The number of nitrogens with zero attached hydrogens (tertiary/aromatic N) is 2. The molecule has 8 heteroatoms. The number of aromatic nitrogens is 2. The van der Waals surface area contributed by atoms with E-state index in [1.165, 1.54) is 6.20 Å². The van der Waals surface area contributed by atoms with Crippen LogP contribution in [0, 0.1) is 0 Å². The standard InChI is InChI=1S/C13H26N4O3S/c1-3-9-20-10-5-7-16-21(18,19)13-11-15-17(12-13)8-4-6-14-2/h11-12,14,16H,3-10H2,1-2H3. The maximum absolute atomic E-state index is 12.0. The molecule has 0 aliphatic heterocycles. The van der Waals surface area contributed by atoms with Crippen molar-refractivity contribution in [3.8, 4) is 0 Å². The van der Waals surface area contributed by atoms with Crippen LogP contribution in [0.15, 0.2) is 17.3 Å². The van der Waals surface area contributed by atoms with Crippen LogP contribution >= 0.6 is 0 Å². The molecule has 0 saturated heterocycles. The first-order valence-electron chi connectivity index (χ1n) is 7.34. The lowest BCUT2D eigenvalue weighted by Crippen LogP contribution is -2.25. The monoisotopic (exact) mass is 318 g/mol. The highest BCUT2D eigenvalue weighted by Gasteiger charge is 2.15. The van der Waals surface area contributed by atoms with Gasteiger partial charge in [0.2, 0.25) is 10.0 Å². The van der Waals surface area contributed by atoms with Crippen LogP contribution in [0.5, 0.6) is 0 Å². The summed E-state index contributed by atoms with van der Waals surface area (Å²) in [7, 11) is -1.59. The molecule has 0 bridgehead atoms. The topological polar surface area (TPSA) is 85.2 Å². The van der Waals surface area contributed by atoms with E-state index in [1.54, 1.807) is 10.9 Å². The fourth-order valence-corrected chi connectivity index (χ4v) is 2.76. The van der Waals surface area contributed by atoms with Gasteiger partial charge in [-0.05, 0) is 32.9 Å². The van der Waals surface area contributed by atoms with Gasteiger partial charge in [0.05, 0.1) is 6.20 Å². The SMILES string of the molecule is CCCOCCCNS(=O)(=O)c1cnn(CCCNC)c1. The van der Waals surface area contributed by atoms with Gasteiger partial charge in [-0.2, -0.15) is 5.10 Å². The Bertz CT molecular complexity index is 487. The maximum Gasteiger partial charge on any atom is 0.243 e. The van der Waals surface area contributed by atoms with Crippen molar-refractivity contribution >= 4 is 10.0 Å². The van der Waals surface area contributed by atoms with Crippen molar-refractivity contribution in [3.63, 3.8) is 0 Å². The number of hydrogen-bond donors (Lipinski definition) is 2. The lowest BCUT2D eigenvalue weighted by atomic mass is 10.4. The summed E-state index contributed by atoms with van der Waals surface area (Å²) in [5, 5.41) is 7.11. The molecular formula is C13H26N4O3S. The van der Waals surface area contributed by atoms with Gasteiger partial charge in [0.15, 0.2) is 0 Å². The summed E-state index contributed by atoms with van der Waals surface area (Å²) < 4.78 is 33.6. The third-order valence-corrected chi connectivity index (χ3v) is 4.26. The molecule has 1 heterocycles. The van der Waals surface area contributed by atoms with E-state index in [0.717, 1.165) is 19.4 Å². The zero-order chi connectivity index (χ0) is 15.6. The molecule has 0 saturated carbocycles. The highest BCUT2D eigenvalue weighted by molar-refractivity contribution is 7.89. The molecule has 0 atom stereocenters. The molecule has 1 aromatic heterocycles. The minimum atomic E-state index is -3.47. The molecule has 1 aromatic rings. The number of aryl methyl sites for hydroxylation is 1. The first-order valence-corrected chi connectivity index (χ1v) is 8.83. The van der Waals surface area contributed by atoms with Gasteiger partial charge in [-0.1, -0.05) is 6.92 Å². The summed E-state index contributed by atoms with van der Waals surface area (Å²) in [6, 6.07) is 0. The quantitative estimate of drug-likeness (QED) is 0.551. The van der Waals surface area contributed by atoms with Crippen LogP contribution in [0.4, 0.5) is 0 Å². The average Bonchev–Trinajstić information content (AvgIpc) is 2.93. The van der Waals surface area contributed by atoms with E-state index in [1.807, 2.05) is 14.0 Å². The van der Waals surface area contributed by atoms with Crippen molar-refractivity contribution in [2.45, 2.75) is 37.6 Å². The Hall–Kier alpha value is -0.960. The Morgan fingerprint density at radius 3 is 2.81 bits per heavy atom. The fourth-order valence-electron chi connectivity index (χ4n) is 1.73. The number of ether oxygens (including phenoxy) is 1. The van der Waals surface area contributed by atoms with Crippen molar-refractivity contribution in [1.82, 2.24) is 19.8 Å². The minimum absolute atomic E-state index is 0.210. The lowest BCUT2D eigenvalue weighted by molar-refractivity contribution is 0.133. The van der Waals surface area contributed by atoms with E-state index in [-0.39, 0.29) is 4.90 Å². The number of sulfonamides is 1. The molecule has 21 heavy (non-hydrogen) atoms. The van der Waals surface area contributed by atoms with Gasteiger partial charge in [-0.15, -0.1) is 0 Å². The second-order valence-electron chi connectivity index (χ2n) is 4.76. The number of rotatable bonds is 12. The third kappa shape index (κ3) is 7.03. The van der Waals surface area contributed by atoms with Crippen LogP contribution in [0.1, 0.15) is 26.2 Å². The lowest BCUT2D eigenvalue weighted by Gasteiger charge is -2.05. The molecular weight excluding hydrogens is 292 g/mol. The molecule has 0 aliphatic carbocycles. The Morgan fingerprint density at radius 2 is 2.10 bits per heavy atom. The van der Waals surface area contributed by atoms with Crippen LogP contribution in [-0.4, -0.2) is 51.5 Å². The van der Waals surface area contributed by atoms with E-state index < -0.39 is 10.0 Å². The van der Waals surface area contributed by atoms with Crippen molar-refractivity contribution in [2.24, 2.45) is 0 Å². The highest BCUT2D eigenvalue weighted by atomic mass is 32.2. The first-order chi connectivity index (χ1) is 10.1. The maximum atomic E-state index is 12.0. The second-order valence-corrected chi connectivity index (χ2v) is 6.53. The summed E-state index contributed by atoms with van der Waals surface area (Å²) in [6.07, 6.45) is 5.48. The van der Waals surface area contributed by atoms with Gasteiger partial charge in [-0.3, -0.25) is 4.68 Å². The van der Waals surface area contributed by atoms with Gasteiger partial charge in [0, 0.05) is 32.5 Å². The number of nitrogens with one attached hydrogen (secondary N) is 2. The highest BCUT2D eigenvalue weighted by Crippen LogP contribution is 2.07. The Labute approximate surface area is 127 Å². The van der Waals surface area contributed by atoms with Crippen LogP contribution in [0.2, 0.25) is 0 Å². The zero-order valence-corrected chi connectivity index (χ0v) is 13.7. The molecule has 0 aliphatic rings. The van der Waals surface area contributed by atoms with Gasteiger partial charge in [0.25, 0.3) is 0 Å². The molecule has 7 nitrogen and oxygen atoms in total. The van der Waals surface area contributed by atoms with Gasteiger partial charge in [-0.25, -0.2) is 13.1 Å². The van der Waals surface area contributed by atoms with Crippen LogP contribution in [-0.2, 0) is 21.3 Å². The molecule has 0 amide bonds. The minimum Gasteiger partial charge on any atom is -0.381 e. The third-order valence-electron chi connectivity index (χ3n) is 2.84. The molecule has 0 unspecified atom stereocenters. The molecule has 2 N–H and O–H groups in total. The first kappa shape index (κ1) is 18.1. The molecule has 0 aromatic carbocycles. The fraction of sp³-hybridized carbons (Fsp3) is 0.769. The Morgan fingerprint density at radius 1 is 1.29 bits per heavy atom. The van der Waals surface area contributed by atoms with E-state index in [2.05, 4.69) is 15.1 Å². The Kier molecular flexibility index (Phi) is 8.51. The average molecular weight is 318 g/mol. The zero-order valence-electron chi connectivity index (χ0n) is 12.8. The molecule has 0 radical (unpaired) electrons. The van der Waals surface area contributed by atoms with Crippen LogP contribution in [0.3, 0.4) is 0 Å². The van der Waals surface area contributed by atoms with Crippen molar-refractivity contribution in [2.75, 3.05) is 33.4 Å². The van der Waals surface area contributed by atoms with Crippen LogP contribution < -0.4 is 10.0 Å². The van der Waals surface area contributed by atoms with E-state index in [9.17, 15) is 8.42 Å². The van der Waals surface area contributed by atoms with Gasteiger partial charge in [0.1, 0.15) is 4.90 Å². The normalized spacial score (nSPS) is 11.9. The predicted molar refractivity (Wildman–Crippen MR) is 81.7 cm³/mol. The summed E-state index contributed by atoms with van der Waals surface area (Å²) in [6.45, 7) is 5.26. The second kappa shape index (κ2) is 9.88. The van der Waals surface area contributed by atoms with Crippen molar-refractivity contribution in [3.05, 3.63) is 12.4 Å². The summed E-state index contributed by atoms with van der Waals surface area (Å²) >= 11 is 0. The smallest absolute Gasteiger partial charge is 0.243 e. The molecule has 0 fully saturated rings. The Balaban J connectivity index is 2.36. The van der Waals surface area contributed by atoms with Gasteiger partial charge < -0.3 is 10.1 Å². The molecule has 122 valence electrons. The van der Waals surface area contributed by atoms with Gasteiger partial charge >= 0.3 is 0 Å². The summed E-state index contributed by atoms with van der Waals surface area (Å²) in [4.78, 5) is 0.210. The molecule has 1 rings (SSSR count). The van der Waals surface area contributed by atoms with Crippen molar-refractivity contribution in [1.29, 1.82) is 0 Å². The summed E-state index contributed by atoms with van der Waals surface area (Å²) in [5.41, 5.74) is 0. The van der Waals surface area contributed by atoms with Crippen LogP contribution in [0.25, 0.3) is 0 Å². The summed E-state index contributed by atoms with van der Waals surface area (Å²) in [5.74, 6) is 0.